The fraction of sp³-hybridized carbons (Fsp3) is 0.250. The van der Waals surface area contributed by atoms with E-state index in [9.17, 15) is 14.5 Å². The van der Waals surface area contributed by atoms with E-state index in [1.54, 1.807) is 12.4 Å². The quantitative estimate of drug-likeness (QED) is 0.680. The van der Waals surface area contributed by atoms with E-state index < -0.39 is 10.7 Å². The second kappa shape index (κ2) is 5.05. The molecule has 1 aromatic carbocycles. The first-order valence-electron chi connectivity index (χ1n) is 5.66. The maximum Gasteiger partial charge on any atom is 0.274 e. The Labute approximate surface area is 109 Å². The van der Waals surface area contributed by atoms with Crippen molar-refractivity contribution in [2.45, 2.75) is 13.0 Å². The van der Waals surface area contributed by atoms with Crippen molar-refractivity contribution in [2.24, 2.45) is 7.05 Å². The number of non-ortho nitro benzene ring substituents is 1. The summed E-state index contributed by atoms with van der Waals surface area (Å²) in [6, 6.07) is 3.20. The highest BCUT2D eigenvalue weighted by molar-refractivity contribution is 5.52. The van der Waals surface area contributed by atoms with Crippen LogP contribution >= 0.6 is 0 Å². The molecule has 2 rings (SSSR count). The van der Waals surface area contributed by atoms with Crippen LogP contribution in [0.3, 0.4) is 0 Å². The molecule has 0 aliphatic carbocycles. The molecule has 0 amide bonds. The van der Waals surface area contributed by atoms with Crippen LogP contribution in [0.1, 0.15) is 18.8 Å². The zero-order valence-electron chi connectivity index (χ0n) is 10.5. The molecule has 0 fully saturated rings. The van der Waals surface area contributed by atoms with Crippen LogP contribution < -0.4 is 5.32 Å². The van der Waals surface area contributed by atoms with Crippen molar-refractivity contribution < 1.29 is 9.31 Å². The van der Waals surface area contributed by atoms with Crippen LogP contribution in [0.15, 0.2) is 30.6 Å². The largest absolute Gasteiger partial charge is 0.375 e. The Kier molecular flexibility index (Phi) is 3.46. The van der Waals surface area contributed by atoms with Crippen LogP contribution in [0.2, 0.25) is 0 Å². The predicted molar refractivity (Wildman–Crippen MR) is 68.3 cm³/mol. The molecule has 1 N–H and O–H groups in total. The Morgan fingerprint density at radius 3 is 2.79 bits per heavy atom. The summed E-state index contributed by atoms with van der Waals surface area (Å²) in [4.78, 5) is 14.2. The van der Waals surface area contributed by atoms with E-state index in [0.717, 1.165) is 11.9 Å². The van der Waals surface area contributed by atoms with Crippen molar-refractivity contribution in [1.82, 2.24) is 9.55 Å². The van der Waals surface area contributed by atoms with Crippen molar-refractivity contribution in [3.63, 3.8) is 0 Å². The first-order chi connectivity index (χ1) is 8.97. The lowest BCUT2D eigenvalue weighted by Gasteiger charge is -2.15. The minimum Gasteiger partial charge on any atom is -0.375 e. The van der Waals surface area contributed by atoms with E-state index >= 15 is 0 Å². The fourth-order valence-electron chi connectivity index (χ4n) is 1.87. The second-order valence-corrected chi connectivity index (χ2v) is 4.22. The number of halogens is 1. The Hall–Kier alpha value is -2.44. The van der Waals surface area contributed by atoms with E-state index in [4.69, 9.17) is 0 Å². The topological polar surface area (TPSA) is 73.0 Å². The third kappa shape index (κ3) is 2.87. The molecule has 6 nitrogen and oxygen atoms in total. The molecule has 1 heterocycles. The van der Waals surface area contributed by atoms with Gasteiger partial charge in [-0.25, -0.2) is 9.37 Å². The zero-order valence-corrected chi connectivity index (χ0v) is 10.5. The van der Waals surface area contributed by atoms with E-state index in [2.05, 4.69) is 10.3 Å². The lowest BCUT2D eigenvalue weighted by molar-refractivity contribution is -0.385. The summed E-state index contributed by atoms with van der Waals surface area (Å²) in [6.45, 7) is 1.85. The number of hydrogen-bond acceptors (Lipinski definition) is 4. The van der Waals surface area contributed by atoms with Gasteiger partial charge in [0.05, 0.1) is 17.0 Å². The Balaban J connectivity index is 2.24. The van der Waals surface area contributed by atoms with Crippen molar-refractivity contribution >= 4 is 11.4 Å². The van der Waals surface area contributed by atoms with E-state index in [0.29, 0.717) is 5.69 Å². The number of aryl methyl sites for hydroxylation is 1. The van der Waals surface area contributed by atoms with Gasteiger partial charge in [-0.2, -0.15) is 0 Å². The molecule has 0 saturated heterocycles. The van der Waals surface area contributed by atoms with Gasteiger partial charge in [0, 0.05) is 31.2 Å². The molecule has 0 bridgehead atoms. The molecule has 1 atom stereocenters. The first-order valence-corrected chi connectivity index (χ1v) is 5.66. The summed E-state index contributed by atoms with van der Waals surface area (Å²) >= 11 is 0. The molecule has 2 aromatic rings. The molecule has 1 aromatic heterocycles. The average Bonchev–Trinajstić information content (AvgIpc) is 2.74. The summed E-state index contributed by atoms with van der Waals surface area (Å²) in [5.41, 5.74) is 0.0664. The third-order valence-corrected chi connectivity index (χ3v) is 2.72. The van der Waals surface area contributed by atoms with Crippen LogP contribution in [-0.2, 0) is 7.05 Å². The van der Waals surface area contributed by atoms with Gasteiger partial charge in [-0.15, -0.1) is 0 Å². The highest BCUT2D eigenvalue weighted by Crippen LogP contribution is 2.23. The van der Waals surface area contributed by atoms with Gasteiger partial charge >= 0.3 is 0 Å². The summed E-state index contributed by atoms with van der Waals surface area (Å²) in [5.74, 6) is 0.107. The molecule has 0 aliphatic heterocycles. The molecule has 19 heavy (non-hydrogen) atoms. The Bertz CT molecular complexity index is 612. The van der Waals surface area contributed by atoms with Crippen molar-refractivity contribution in [2.75, 3.05) is 5.32 Å². The third-order valence-electron chi connectivity index (χ3n) is 2.72. The van der Waals surface area contributed by atoms with Gasteiger partial charge in [0.25, 0.3) is 5.69 Å². The molecular formula is C12H13FN4O2. The van der Waals surface area contributed by atoms with Crippen LogP contribution in [0.25, 0.3) is 0 Å². The molecule has 1 unspecified atom stereocenters. The van der Waals surface area contributed by atoms with Crippen LogP contribution in [-0.4, -0.2) is 14.5 Å². The van der Waals surface area contributed by atoms with Crippen LogP contribution in [0.4, 0.5) is 15.8 Å². The number of anilines is 1. The molecular weight excluding hydrogens is 251 g/mol. The number of aromatic nitrogens is 2. The first kappa shape index (κ1) is 13.0. The summed E-state index contributed by atoms with van der Waals surface area (Å²) in [7, 11) is 1.84. The fourth-order valence-corrected chi connectivity index (χ4v) is 1.87. The van der Waals surface area contributed by atoms with Crippen molar-refractivity contribution in [1.29, 1.82) is 0 Å². The van der Waals surface area contributed by atoms with Crippen LogP contribution in [0.5, 0.6) is 0 Å². The van der Waals surface area contributed by atoms with Gasteiger partial charge in [-0.3, -0.25) is 10.1 Å². The number of nitrogens with zero attached hydrogens (tertiary/aromatic N) is 3. The Morgan fingerprint density at radius 1 is 1.47 bits per heavy atom. The maximum atomic E-state index is 13.3. The van der Waals surface area contributed by atoms with E-state index in [1.807, 2.05) is 18.5 Å². The van der Waals surface area contributed by atoms with Gasteiger partial charge in [0.1, 0.15) is 11.6 Å². The number of nitro groups is 1. The van der Waals surface area contributed by atoms with Gasteiger partial charge < -0.3 is 9.88 Å². The van der Waals surface area contributed by atoms with Gasteiger partial charge in [-0.05, 0) is 13.0 Å². The van der Waals surface area contributed by atoms with Gasteiger partial charge in [0.2, 0.25) is 0 Å². The van der Waals surface area contributed by atoms with Crippen LogP contribution in [0, 0.1) is 15.9 Å². The van der Waals surface area contributed by atoms with Gasteiger partial charge in [-0.1, -0.05) is 0 Å². The number of rotatable bonds is 4. The van der Waals surface area contributed by atoms with E-state index in [-0.39, 0.29) is 11.7 Å². The highest BCUT2D eigenvalue weighted by Gasteiger charge is 2.14. The zero-order chi connectivity index (χ0) is 14.0. The molecule has 0 aliphatic rings. The Morgan fingerprint density at radius 2 is 2.21 bits per heavy atom. The van der Waals surface area contributed by atoms with Crippen molar-refractivity contribution in [3.05, 3.63) is 52.3 Å². The lowest BCUT2D eigenvalue weighted by Crippen LogP contribution is -2.12. The standard InChI is InChI=1S/C12H13FN4O2/c1-8(12-14-3-4-16(12)2)15-10-5-9(13)6-11(7-10)17(18)19/h3-8,15H,1-2H3. The SMILES string of the molecule is CC(Nc1cc(F)cc([N+](=O)[O-])c1)c1nccn1C. The monoisotopic (exact) mass is 264 g/mol. The second-order valence-electron chi connectivity index (χ2n) is 4.22. The number of nitrogens with one attached hydrogen (secondary N) is 1. The number of imidazole rings is 1. The minimum absolute atomic E-state index is 0.193. The molecule has 0 saturated carbocycles. The van der Waals surface area contributed by atoms with Crippen molar-refractivity contribution in [3.8, 4) is 0 Å². The van der Waals surface area contributed by atoms with Gasteiger partial charge in [0.15, 0.2) is 0 Å². The predicted octanol–water partition coefficient (Wildman–Crippen LogP) is 2.64. The normalized spacial score (nSPS) is 12.2. The highest BCUT2D eigenvalue weighted by atomic mass is 19.1. The molecule has 0 spiro atoms. The molecule has 7 heteroatoms. The number of nitro benzene ring substituents is 1. The lowest BCUT2D eigenvalue weighted by atomic mass is 10.2. The molecule has 100 valence electrons. The van der Waals surface area contributed by atoms with E-state index in [1.165, 1.54) is 12.1 Å². The maximum absolute atomic E-state index is 13.3. The average molecular weight is 264 g/mol. The number of benzene rings is 1. The summed E-state index contributed by atoms with van der Waals surface area (Å²) < 4.78 is 15.1. The minimum atomic E-state index is -0.649. The molecule has 0 radical (unpaired) electrons. The summed E-state index contributed by atoms with van der Waals surface area (Å²) in [6.07, 6.45) is 3.45. The number of hydrogen-bond donors (Lipinski definition) is 1. The smallest absolute Gasteiger partial charge is 0.274 e. The summed E-state index contributed by atoms with van der Waals surface area (Å²) in [5, 5.41) is 13.7.